The summed E-state index contributed by atoms with van der Waals surface area (Å²) < 4.78 is 5.35. The zero-order valence-corrected chi connectivity index (χ0v) is 17.4. The Balaban J connectivity index is 1.45. The molecule has 1 heterocycles. The van der Waals surface area contributed by atoms with Crippen LogP contribution in [-0.2, 0) is 27.4 Å². The lowest BCUT2D eigenvalue weighted by molar-refractivity contribution is -0.145. The lowest BCUT2D eigenvalue weighted by Gasteiger charge is -2.10. The molecule has 0 saturated carbocycles. The Morgan fingerprint density at radius 3 is 2.59 bits per heavy atom. The number of aromatic nitrogens is 1. The normalized spacial score (nSPS) is 11.7. The van der Waals surface area contributed by atoms with E-state index in [1.54, 1.807) is 0 Å². The van der Waals surface area contributed by atoms with Crippen LogP contribution in [0.3, 0.4) is 0 Å². The predicted octanol–water partition coefficient (Wildman–Crippen LogP) is 4.87. The molecule has 0 aliphatic heterocycles. The fourth-order valence-corrected chi connectivity index (χ4v) is 3.68. The minimum Gasteiger partial charge on any atom is -0.459 e. The van der Waals surface area contributed by atoms with Crippen molar-refractivity contribution in [3.05, 3.63) is 81.8 Å². The third kappa shape index (κ3) is 6.26. The maximum Gasteiger partial charge on any atom is 0.306 e. The summed E-state index contributed by atoms with van der Waals surface area (Å²) in [6, 6.07) is 17.5. The fraction of sp³-hybridized carbons (Fsp3) is 0.261. The van der Waals surface area contributed by atoms with Gasteiger partial charge in [-0.2, -0.15) is 0 Å². The number of aryl methyl sites for hydroxylation is 1. The van der Waals surface area contributed by atoms with E-state index in [1.165, 1.54) is 11.3 Å². The summed E-state index contributed by atoms with van der Waals surface area (Å²) in [6.07, 6.45) is 0.512. The Kier molecular flexibility index (Phi) is 7.14. The molecule has 0 radical (unpaired) electrons. The molecule has 3 rings (SSSR count). The number of ether oxygens (including phenoxy) is 1. The smallest absolute Gasteiger partial charge is 0.306 e. The number of carbonyl (C=O) groups excluding carboxylic acids is 2. The average Bonchev–Trinajstić information content (AvgIpc) is 3.16. The number of nitrogens with one attached hydrogen (secondary N) is 1. The third-order valence-electron chi connectivity index (χ3n) is 4.55. The van der Waals surface area contributed by atoms with Crippen LogP contribution in [0.1, 0.15) is 41.1 Å². The van der Waals surface area contributed by atoms with E-state index in [-0.39, 0.29) is 30.8 Å². The second-order valence-electron chi connectivity index (χ2n) is 6.95. The van der Waals surface area contributed by atoms with Crippen LogP contribution in [-0.4, -0.2) is 16.9 Å². The lowest BCUT2D eigenvalue weighted by atomic mass is 9.98. The maximum absolute atomic E-state index is 12.2. The SMILES string of the molecule is Cc1ccccc1NC(=O)Cc1nc(COC(=O)C[C@H](C)c2ccccc2)cs1. The Labute approximate surface area is 174 Å². The molecule has 0 aliphatic carbocycles. The first-order chi connectivity index (χ1) is 14.0. The Bertz CT molecular complexity index is 969. The second-order valence-corrected chi connectivity index (χ2v) is 7.89. The quantitative estimate of drug-likeness (QED) is 0.540. The molecule has 1 atom stereocenters. The summed E-state index contributed by atoms with van der Waals surface area (Å²) in [6.45, 7) is 4.07. The van der Waals surface area contributed by atoms with Gasteiger partial charge in [0.25, 0.3) is 0 Å². The number of hydrogen-bond acceptors (Lipinski definition) is 5. The lowest BCUT2D eigenvalue weighted by Crippen LogP contribution is -2.15. The van der Waals surface area contributed by atoms with Crippen molar-refractivity contribution < 1.29 is 14.3 Å². The third-order valence-corrected chi connectivity index (χ3v) is 5.45. The first-order valence-electron chi connectivity index (χ1n) is 9.50. The van der Waals surface area contributed by atoms with E-state index in [9.17, 15) is 9.59 Å². The van der Waals surface area contributed by atoms with Crippen molar-refractivity contribution >= 4 is 28.9 Å². The molecule has 0 unspecified atom stereocenters. The van der Waals surface area contributed by atoms with Gasteiger partial charge in [-0.3, -0.25) is 9.59 Å². The number of carbonyl (C=O) groups is 2. The predicted molar refractivity (Wildman–Crippen MR) is 115 cm³/mol. The Morgan fingerprint density at radius 1 is 1.10 bits per heavy atom. The van der Waals surface area contributed by atoms with E-state index in [0.29, 0.717) is 17.1 Å². The first kappa shape index (κ1) is 20.7. The van der Waals surface area contributed by atoms with E-state index in [1.807, 2.05) is 73.8 Å². The van der Waals surface area contributed by atoms with Gasteiger partial charge in [0.05, 0.1) is 18.5 Å². The molecule has 3 aromatic rings. The van der Waals surface area contributed by atoms with E-state index >= 15 is 0 Å². The van der Waals surface area contributed by atoms with E-state index < -0.39 is 0 Å². The van der Waals surface area contributed by atoms with Gasteiger partial charge >= 0.3 is 5.97 Å². The fourth-order valence-electron chi connectivity index (χ4n) is 2.90. The number of thiazole rings is 1. The molecule has 0 spiro atoms. The molecule has 5 nitrogen and oxygen atoms in total. The molecule has 1 N–H and O–H groups in total. The highest BCUT2D eigenvalue weighted by Gasteiger charge is 2.14. The van der Waals surface area contributed by atoms with Crippen LogP contribution >= 0.6 is 11.3 Å². The summed E-state index contributed by atoms with van der Waals surface area (Å²) >= 11 is 1.39. The van der Waals surface area contributed by atoms with Crippen LogP contribution in [0.15, 0.2) is 60.0 Å². The number of nitrogens with zero attached hydrogens (tertiary/aromatic N) is 1. The monoisotopic (exact) mass is 408 g/mol. The van der Waals surface area contributed by atoms with Gasteiger partial charge < -0.3 is 10.1 Å². The molecule has 0 saturated heterocycles. The van der Waals surface area contributed by atoms with Crippen LogP contribution < -0.4 is 5.32 Å². The molecular weight excluding hydrogens is 384 g/mol. The second kappa shape index (κ2) is 9.98. The van der Waals surface area contributed by atoms with E-state index in [0.717, 1.165) is 16.8 Å². The molecule has 2 aromatic carbocycles. The zero-order valence-electron chi connectivity index (χ0n) is 16.6. The van der Waals surface area contributed by atoms with Crippen molar-refractivity contribution in [2.24, 2.45) is 0 Å². The molecule has 0 aliphatic rings. The summed E-state index contributed by atoms with van der Waals surface area (Å²) in [5.41, 5.74) is 3.59. The van der Waals surface area contributed by atoms with Crippen molar-refractivity contribution in [2.45, 2.75) is 39.2 Å². The largest absolute Gasteiger partial charge is 0.459 e. The number of esters is 1. The van der Waals surface area contributed by atoms with E-state index in [4.69, 9.17) is 4.74 Å². The van der Waals surface area contributed by atoms with Crippen molar-refractivity contribution in [3.63, 3.8) is 0 Å². The van der Waals surface area contributed by atoms with Gasteiger partial charge in [-0.25, -0.2) is 4.98 Å². The topological polar surface area (TPSA) is 68.3 Å². The highest BCUT2D eigenvalue weighted by atomic mass is 32.1. The molecule has 29 heavy (non-hydrogen) atoms. The molecule has 0 bridgehead atoms. The number of benzene rings is 2. The number of hydrogen-bond donors (Lipinski definition) is 1. The minimum atomic E-state index is -0.256. The van der Waals surface area contributed by atoms with Crippen LogP contribution in [0.2, 0.25) is 0 Å². The summed E-state index contributed by atoms with van der Waals surface area (Å²) in [5.74, 6) is -0.276. The van der Waals surface area contributed by atoms with Gasteiger partial charge in [0.15, 0.2) is 0 Å². The Hall–Kier alpha value is -2.99. The summed E-state index contributed by atoms with van der Waals surface area (Å²) in [5, 5.41) is 5.42. The molecule has 1 amide bonds. The highest BCUT2D eigenvalue weighted by Crippen LogP contribution is 2.20. The van der Waals surface area contributed by atoms with Crippen LogP contribution in [0, 0.1) is 6.92 Å². The first-order valence-corrected chi connectivity index (χ1v) is 10.4. The van der Waals surface area contributed by atoms with Gasteiger partial charge in [-0.1, -0.05) is 55.5 Å². The van der Waals surface area contributed by atoms with Gasteiger partial charge in [-0.15, -0.1) is 11.3 Å². The zero-order chi connectivity index (χ0) is 20.6. The van der Waals surface area contributed by atoms with Crippen molar-refractivity contribution in [3.8, 4) is 0 Å². The minimum absolute atomic E-state index is 0.0971. The average molecular weight is 409 g/mol. The van der Waals surface area contributed by atoms with Crippen molar-refractivity contribution in [2.75, 3.05) is 5.32 Å². The summed E-state index contributed by atoms with van der Waals surface area (Å²) in [4.78, 5) is 28.7. The highest BCUT2D eigenvalue weighted by molar-refractivity contribution is 7.09. The molecule has 6 heteroatoms. The molecular formula is C23H24N2O3S. The van der Waals surface area contributed by atoms with Gasteiger partial charge in [-0.05, 0) is 30.0 Å². The molecule has 1 aromatic heterocycles. The van der Waals surface area contributed by atoms with Crippen LogP contribution in [0.25, 0.3) is 0 Å². The summed E-state index contributed by atoms with van der Waals surface area (Å²) in [7, 11) is 0. The maximum atomic E-state index is 12.2. The van der Waals surface area contributed by atoms with Crippen LogP contribution in [0.4, 0.5) is 5.69 Å². The van der Waals surface area contributed by atoms with Gasteiger partial charge in [0.1, 0.15) is 11.6 Å². The van der Waals surface area contributed by atoms with Gasteiger partial charge in [0.2, 0.25) is 5.91 Å². The number of para-hydroxylation sites is 1. The van der Waals surface area contributed by atoms with Gasteiger partial charge in [0, 0.05) is 11.1 Å². The van der Waals surface area contributed by atoms with Crippen molar-refractivity contribution in [1.29, 1.82) is 0 Å². The molecule has 150 valence electrons. The van der Waals surface area contributed by atoms with Crippen molar-refractivity contribution in [1.82, 2.24) is 4.98 Å². The number of anilines is 1. The van der Waals surface area contributed by atoms with Crippen LogP contribution in [0.5, 0.6) is 0 Å². The van der Waals surface area contributed by atoms with E-state index in [2.05, 4.69) is 10.3 Å². The standard InChI is InChI=1S/C23H24N2O3S/c1-16-8-6-7-11-20(16)25-21(26)13-22-24-19(15-29-22)14-28-23(27)12-17(2)18-9-4-3-5-10-18/h3-11,15,17H,12-14H2,1-2H3,(H,25,26)/t17-/m0/s1. The Morgan fingerprint density at radius 2 is 1.83 bits per heavy atom. The number of rotatable bonds is 8. The molecule has 0 fully saturated rings. The number of amides is 1.